The zero-order valence-electron chi connectivity index (χ0n) is 12.8. The summed E-state index contributed by atoms with van der Waals surface area (Å²) in [5.41, 5.74) is 7.56. The summed E-state index contributed by atoms with van der Waals surface area (Å²) in [6, 6.07) is 12.5. The van der Waals surface area contributed by atoms with Gasteiger partial charge in [0, 0.05) is 14.9 Å². The Morgan fingerprint density at radius 2 is 2.04 bits per heavy atom. The third-order valence-electron chi connectivity index (χ3n) is 3.78. The zero-order chi connectivity index (χ0) is 17.1. The number of carbonyl (C=O) groups excluding carboxylic acids is 2. The second-order valence-electron chi connectivity index (χ2n) is 5.52. The van der Waals surface area contributed by atoms with E-state index in [1.807, 2.05) is 18.2 Å². The van der Waals surface area contributed by atoms with Crippen LogP contribution in [0, 0.1) is 0 Å². The van der Waals surface area contributed by atoms with Crippen molar-refractivity contribution in [3.8, 4) is 0 Å². The molecule has 0 aliphatic carbocycles. The van der Waals surface area contributed by atoms with Gasteiger partial charge in [-0.3, -0.25) is 4.79 Å². The van der Waals surface area contributed by atoms with Gasteiger partial charge in [0.15, 0.2) is 0 Å². The number of rotatable bonds is 4. The first kappa shape index (κ1) is 17.0. The van der Waals surface area contributed by atoms with Gasteiger partial charge in [-0.2, -0.15) is 0 Å². The van der Waals surface area contributed by atoms with Crippen LogP contribution in [-0.2, 0) is 16.0 Å². The van der Waals surface area contributed by atoms with Gasteiger partial charge in [0.25, 0.3) is 5.91 Å². The van der Waals surface area contributed by atoms with E-state index in [1.165, 1.54) is 4.90 Å². The number of benzene rings is 2. The lowest BCUT2D eigenvalue weighted by molar-refractivity contribution is -0.127. The maximum Gasteiger partial charge on any atom is 0.339 e. The van der Waals surface area contributed by atoms with Crippen molar-refractivity contribution >= 4 is 39.6 Å². The molecule has 2 aromatic rings. The minimum absolute atomic E-state index is 0.442. The highest BCUT2D eigenvalue weighted by molar-refractivity contribution is 9.10. The average Bonchev–Trinajstić information content (AvgIpc) is 2.58. The molecular formula is C18H16BrNO3S. The normalized spacial score (nSPS) is 14.5. The van der Waals surface area contributed by atoms with E-state index in [0.717, 1.165) is 28.6 Å². The first-order valence-electron chi connectivity index (χ1n) is 7.56. The number of hydrogen-bond acceptors (Lipinski definition) is 4. The smallest absolute Gasteiger partial charge is 0.339 e. The third kappa shape index (κ3) is 3.82. The van der Waals surface area contributed by atoms with Gasteiger partial charge in [0.2, 0.25) is 6.10 Å². The maximum absolute atomic E-state index is 12.5. The molecule has 1 heterocycles. The maximum atomic E-state index is 12.5. The molecule has 0 radical (unpaired) electrons. The number of primary amides is 1. The van der Waals surface area contributed by atoms with Crippen molar-refractivity contribution in [2.24, 2.45) is 5.73 Å². The second kappa shape index (κ2) is 7.40. The Labute approximate surface area is 152 Å². The molecule has 1 amide bonds. The van der Waals surface area contributed by atoms with Crippen molar-refractivity contribution in [1.82, 2.24) is 0 Å². The highest BCUT2D eigenvalue weighted by Gasteiger charge is 2.24. The highest BCUT2D eigenvalue weighted by atomic mass is 79.9. The van der Waals surface area contributed by atoms with Crippen molar-refractivity contribution in [3.05, 3.63) is 63.6 Å². The Kier molecular flexibility index (Phi) is 5.26. The van der Waals surface area contributed by atoms with Gasteiger partial charge < -0.3 is 10.5 Å². The van der Waals surface area contributed by atoms with Crippen LogP contribution in [0.4, 0.5) is 0 Å². The Bertz CT molecular complexity index is 794. The van der Waals surface area contributed by atoms with Crippen LogP contribution in [0.5, 0.6) is 0 Å². The minimum Gasteiger partial charge on any atom is -0.444 e. The van der Waals surface area contributed by atoms with E-state index in [4.69, 9.17) is 10.5 Å². The van der Waals surface area contributed by atoms with Crippen LogP contribution in [-0.4, -0.2) is 17.6 Å². The van der Waals surface area contributed by atoms with Crippen LogP contribution >= 0.6 is 27.7 Å². The summed E-state index contributed by atoms with van der Waals surface area (Å²) in [6.45, 7) is 0. The van der Waals surface area contributed by atoms with Crippen LogP contribution in [0.2, 0.25) is 0 Å². The molecule has 6 heteroatoms. The van der Waals surface area contributed by atoms with Crippen molar-refractivity contribution in [1.29, 1.82) is 0 Å². The van der Waals surface area contributed by atoms with Crippen molar-refractivity contribution < 1.29 is 14.3 Å². The largest absolute Gasteiger partial charge is 0.444 e. The number of fused-ring (bicyclic) bond motifs is 1. The number of hydrogen-bond donors (Lipinski definition) is 1. The summed E-state index contributed by atoms with van der Waals surface area (Å²) in [5, 5.41) is 0. The van der Waals surface area contributed by atoms with Gasteiger partial charge in [0.1, 0.15) is 0 Å². The Morgan fingerprint density at radius 3 is 2.79 bits per heavy atom. The van der Waals surface area contributed by atoms with Crippen molar-refractivity contribution in [3.63, 3.8) is 0 Å². The molecule has 2 N–H and O–H groups in total. The molecule has 0 aromatic heterocycles. The molecule has 124 valence electrons. The van der Waals surface area contributed by atoms with E-state index in [9.17, 15) is 9.59 Å². The van der Waals surface area contributed by atoms with Crippen LogP contribution in [0.3, 0.4) is 0 Å². The topological polar surface area (TPSA) is 69.4 Å². The summed E-state index contributed by atoms with van der Waals surface area (Å²) in [5.74, 6) is -0.143. The van der Waals surface area contributed by atoms with Crippen molar-refractivity contribution in [2.75, 3.05) is 5.75 Å². The van der Waals surface area contributed by atoms with E-state index in [-0.39, 0.29) is 0 Å². The molecule has 2 aromatic carbocycles. The molecule has 0 spiro atoms. The van der Waals surface area contributed by atoms with E-state index in [1.54, 1.807) is 36.0 Å². The van der Waals surface area contributed by atoms with Crippen LogP contribution < -0.4 is 5.73 Å². The van der Waals surface area contributed by atoms with Gasteiger partial charge in [-0.1, -0.05) is 28.1 Å². The van der Waals surface area contributed by atoms with Gasteiger partial charge >= 0.3 is 5.97 Å². The first-order chi connectivity index (χ1) is 11.5. The molecule has 0 fully saturated rings. The number of carbonyl (C=O) groups is 2. The lowest BCUT2D eigenvalue weighted by Gasteiger charge is -2.18. The number of aryl methyl sites for hydroxylation is 1. The average molecular weight is 406 g/mol. The Hall–Kier alpha value is -1.79. The summed E-state index contributed by atoms with van der Waals surface area (Å²) < 4.78 is 6.17. The van der Waals surface area contributed by atoms with Crippen molar-refractivity contribution in [2.45, 2.75) is 23.8 Å². The first-order valence-corrected chi connectivity index (χ1v) is 9.34. The number of ether oxygens (including phenoxy) is 1. The Balaban J connectivity index is 1.82. The highest BCUT2D eigenvalue weighted by Crippen LogP contribution is 2.31. The number of thioether (sulfide) groups is 1. The lowest BCUT2D eigenvalue weighted by atomic mass is 10.1. The third-order valence-corrected chi connectivity index (χ3v) is 5.47. The van der Waals surface area contributed by atoms with Gasteiger partial charge in [-0.25, -0.2) is 4.79 Å². The molecule has 1 aliphatic heterocycles. The molecule has 0 bridgehead atoms. The number of esters is 1. The van der Waals surface area contributed by atoms with E-state index in [2.05, 4.69) is 15.9 Å². The summed E-state index contributed by atoms with van der Waals surface area (Å²) >= 11 is 5.13. The lowest BCUT2D eigenvalue weighted by Crippen LogP contribution is -2.26. The molecule has 4 nitrogen and oxygen atoms in total. The molecule has 0 saturated heterocycles. The van der Waals surface area contributed by atoms with E-state index >= 15 is 0 Å². The van der Waals surface area contributed by atoms with Gasteiger partial charge in [-0.15, -0.1) is 11.8 Å². The second-order valence-corrected chi connectivity index (χ2v) is 7.57. The fourth-order valence-electron chi connectivity index (χ4n) is 2.62. The molecule has 1 unspecified atom stereocenters. The number of amides is 1. The van der Waals surface area contributed by atoms with Gasteiger partial charge in [0.05, 0.1) is 5.56 Å². The number of nitrogens with two attached hydrogens (primary N) is 1. The van der Waals surface area contributed by atoms with Crippen LogP contribution in [0.1, 0.15) is 34.0 Å². The monoisotopic (exact) mass is 405 g/mol. The quantitative estimate of drug-likeness (QED) is 0.783. The van der Waals surface area contributed by atoms with Gasteiger partial charge in [-0.05, 0) is 54.5 Å². The summed E-state index contributed by atoms with van der Waals surface area (Å²) in [6.07, 6.45) is 0.937. The zero-order valence-corrected chi connectivity index (χ0v) is 15.2. The fourth-order valence-corrected chi connectivity index (χ4v) is 4.06. The fraction of sp³-hybridized carbons (Fsp3) is 0.222. The van der Waals surface area contributed by atoms with E-state index < -0.39 is 18.0 Å². The predicted octanol–water partition coefficient (Wildman–Crippen LogP) is 3.87. The minimum atomic E-state index is -1.11. The van der Waals surface area contributed by atoms with E-state index in [0.29, 0.717) is 11.1 Å². The summed E-state index contributed by atoms with van der Waals surface area (Å²) in [7, 11) is 0. The summed E-state index contributed by atoms with van der Waals surface area (Å²) in [4.78, 5) is 25.4. The van der Waals surface area contributed by atoms with Crippen LogP contribution in [0.25, 0.3) is 0 Å². The Morgan fingerprint density at radius 1 is 1.21 bits per heavy atom. The molecule has 3 rings (SSSR count). The standard InChI is InChI=1S/C18H16BrNO3S/c19-14-5-1-3-12(10-14)16(17(20)21)23-18(22)13-6-7-15-11(9-13)4-2-8-24-15/h1,3,5-7,9-10,16H,2,4,8H2,(H2,20,21). The molecule has 24 heavy (non-hydrogen) atoms. The van der Waals surface area contributed by atoms with Crippen LogP contribution in [0.15, 0.2) is 51.8 Å². The molecule has 0 saturated carbocycles. The molecule has 1 atom stereocenters. The molecule has 1 aliphatic rings. The number of halogens is 1. The molecular weight excluding hydrogens is 390 g/mol. The predicted molar refractivity (Wildman–Crippen MR) is 97.0 cm³/mol. The SMILES string of the molecule is NC(=O)C(OC(=O)c1ccc2c(c1)CCCS2)c1cccc(Br)c1.